The number of hydrogen-bond acceptors (Lipinski definition) is 2. The Balaban J connectivity index is 2.49. The van der Waals surface area contributed by atoms with Gasteiger partial charge < -0.3 is 4.74 Å². The number of hydrogen-bond donors (Lipinski definition) is 0. The Bertz CT molecular complexity index is 499. The molecule has 104 valence electrons. The lowest BCUT2D eigenvalue weighted by atomic mass is 10.2. The Morgan fingerprint density at radius 3 is 2.75 bits per heavy atom. The quantitative estimate of drug-likeness (QED) is 0.552. The maximum Gasteiger partial charge on any atom is 0.414 e. The molecular formula is C17H19NO2. The first kappa shape index (κ1) is 15.5. The van der Waals surface area contributed by atoms with E-state index in [0.29, 0.717) is 13.0 Å². The topological polar surface area (TPSA) is 29.5 Å². The number of ether oxygens (including phenoxy) is 1. The molecular weight excluding hydrogens is 250 g/mol. The van der Waals surface area contributed by atoms with E-state index in [4.69, 9.17) is 4.74 Å². The van der Waals surface area contributed by atoms with E-state index < -0.39 is 6.09 Å². The van der Waals surface area contributed by atoms with Crippen LogP contribution in [-0.2, 0) is 11.3 Å². The van der Waals surface area contributed by atoms with Crippen molar-refractivity contribution >= 4 is 6.09 Å². The number of nitrogens with zero attached hydrogens (tertiary/aromatic N) is 1. The summed E-state index contributed by atoms with van der Waals surface area (Å²) in [6, 6.07) is 9.56. The standard InChI is InChI=1S/C17H19NO2/c1-3-5-6-10-14-18(13-4-2)17(19)20-15-16-11-8-7-9-12-16/h3,5-9,11-13H,1-2,10,14-15H2/b6-5+. The minimum Gasteiger partial charge on any atom is -0.444 e. The molecule has 0 N–H and O–H groups in total. The number of amides is 1. The molecule has 0 spiro atoms. The highest BCUT2D eigenvalue weighted by atomic mass is 16.6. The zero-order valence-corrected chi connectivity index (χ0v) is 11.5. The first-order chi connectivity index (χ1) is 9.77. The minimum atomic E-state index is -0.406. The highest BCUT2D eigenvalue weighted by Gasteiger charge is 2.11. The fourth-order valence-corrected chi connectivity index (χ4v) is 1.53. The highest BCUT2D eigenvalue weighted by molar-refractivity contribution is 5.68. The Hall–Kier alpha value is -2.51. The maximum absolute atomic E-state index is 11.9. The molecule has 0 fully saturated rings. The Labute approximate surface area is 120 Å². The molecule has 0 radical (unpaired) electrons. The number of benzene rings is 1. The molecule has 0 unspecified atom stereocenters. The summed E-state index contributed by atoms with van der Waals surface area (Å²) in [5.41, 5.74) is 3.55. The monoisotopic (exact) mass is 269 g/mol. The Morgan fingerprint density at radius 2 is 2.10 bits per heavy atom. The van der Waals surface area contributed by atoms with Crippen LogP contribution in [0.2, 0.25) is 0 Å². The van der Waals surface area contributed by atoms with Gasteiger partial charge in [-0.2, -0.15) is 0 Å². The van der Waals surface area contributed by atoms with Gasteiger partial charge in [-0.3, -0.25) is 4.90 Å². The maximum atomic E-state index is 11.9. The van der Waals surface area contributed by atoms with Crippen LogP contribution in [0.15, 0.2) is 73.6 Å². The van der Waals surface area contributed by atoms with E-state index in [1.54, 1.807) is 6.08 Å². The van der Waals surface area contributed by atoms with Gasteiger partial charge in [0.05, 0.1) is 6.20 Å². The zero-order valence-electron chi connectivity index (χ0n) is 11.5. The minimum absolute atomic E-state index is 0.254. The second-order valence-corrected chi connectivity index (χ2v) is 4.02. The van der Waals surface area contributed by atoms with Crippen molar-refractivity contribution in [3.05, 3.63) is 79.2 Å². The third kappa shape index (κ3) is 5.89. The molecule has 1 amide bonds. The predicted molar refractivity (Wildman–Crippen MR) is 81.0 cm³/mol. The summed E-state index contributed by atoms with van der Waals surface area (Å²) in [4.78, 5) is 13.4. The normalized spacial score (nSPS) is 9.80. The second-order valence-electron chi connectivity index (χ2n) is 4.02. The van der Waals surface area contributed by atoms with Gasteiger partial charge in [0.2, 0.25) is 0 Å². The second kappa shape index (κ2) is 9.42. The van der Waals surface area contributed by atoms with Gasteiger partial charge in [-0.1, -0.05) is 61.7 Å². The van der Waals surface area contributed by atoms with Gasteiger partial charge in [0.1, 0.15) is 6.61 Å². The fourth-order valence-electron chi connectivity index (χ4n) is 1.53. The molecule has 1 rings (SSSR count). The zero-order chi connectivity index (χ0) is 14.6. The molecule has 3 nitrogen and oxygen atoms in total. The molecule has 0 saturated carbocycles. The van der Waals surface area contributed by atoms with Crippen molar-refractivity contribution < 1.29 is 9.53 Å². The van der Waals surface area contributed by atoms with Crippen molar-refractivity contribution in [2.75, 3.05) is 6.54 Å². The summed E-state index contributed by atoms with van der Waals surface area (Å²) in [6.45, 7) is 7.84. The first-order valence-corrected chi connectivity index (χ1v) is 6.38. The van der Waals surface area contributed by atoms with Crippen LogP contribution in [0, 0.1) is 0 Å². The molecule has 0 bridgehead atoms. The van der Waals surface area contributed by atoms with Crippen molar-refractivity contribution in [1.29, 1.82) is 0 Å². The van der Waals surface area contributed by atoms with Gasteiger partial charge in [-0.25, -0.2) is 4.79 Å². The van der Waals surface area contributed by atoms with Gasteiger partial charge in [-0.15, -0.1) is 5.73 Å². The van der Waals surface area contributed by atoms with Crippen LogP contribution in [0.4, 0.5) is 4.79 Å². The fraction of sp³-hybridized carbons (Fsp3) is 0.176. The van der Waals surface area contributed by atoms with E-state index in [1.807, 2.05) is 42.5 Å². The van der Waals surface area contributed by atoms with Crippen LogP contribution in [0.1, 0.15) is 12.0 Å². The SMILES string of the molecule is C=C=CN(CC/C=C/C=C)C(=O)OCc1ccccc1. The third-order valence-electron chi connectivity index (χ3n) is 2.50. The average Bonchev–Trinajstić information content (AvgIpc) is 2.49. The van der Waals surface area contributed by atoms with Crippen molar-refractivity contribution in [1.82, 2.24) is 4.90 Å². The molecule has 0 saturated heterocycles. The number of carbonyl (C=O) groups excluding carboxylic acids is 1. The Kier molecular flexibility index (Phi) is 7.33. The number of rotatable bonds is 7. The number of allylic oxidation sites excluding steroid dienone is 2. The molecule has 0 heterocycles. The average molecular weight is 269 g/mol. The van der Waals surface area contributed by atoms with Gasteiger partial charge in [-0.05, 0) is 12.0 Å². The predicted octanol–water partition coefficient (Wildman–Crippen LogP) is 4.06. The smallest absolute Gasteiger partial charge is 0.414 e. The summed E-state index contributed by atoms with van der Waals surface area (Å²) >= 11 is 0. The lowest BCUT2D eigenvalue weighted by Crippen LogP contribution is -2.27. The summed E-state index contributed by atoms with van der Waals surface area (Å²) in [5.74, 6) is 0. The first-order valence-electron chi connectivity index (χ1n) is 6.38. The lowest BCUT2D eigenvalue weighted by molar-refractivity contribution is 0.111. The summed E-state index contributed by atoms with van der Waals surface area (Å²) < 4.78 is 5.24. The number of carbonyl (C=O) groups is 1. The van der Waals surface area contributed by atoms with E-state index in [9.17, 15) is 4.79 Å². The van der Waals surface area contributed by atoms with Crippen LogP contribution >= 0.6 is 0 Å². The summed E-state index contributed by atoms with van der Waals surface area (Å²) in [6.07, 6.45) is 7.27. The van der Waals surface area contributed by atoms with Crippen molar-refractivity contribution in [3.63, 3.8) is 0 Å². The van der Waals surface area contributed by atoms with E-state index >= 15 is 0 Å². The van der Waals surface area contributed by atoms with Crippen molar-refractivity contribution in [3.8, 4) is 0 Å². The summed E-state index contributed by atoms with van der Waals surface area (Å²) in [5, 5.41) is 0. The van der Waals surface area contributed by atoms with Crippen LogP contribution in [0.3, 0.4) is 0 Å². The molecule has 20 heavy (non-hydrogen) atoms. The largest absolute Gasteiger partial charge is 0.444 e. The van der Waals surface area contributed by atoms with Crippen LogP contribution in [0.25, 0.3) is 0 Å². The van der Waals surface area contributed by atoms with Gasteiger partial charge >= 0.3 is 6.09 Å². The van der Waals surface area contributed by atoms with Crippen LogP contribution in [-0.4, -0.2) is 17.5 Å². The van der Waals surface area contributed by atoms with Crippen molar-refractivity contribution in [2.24, 2.45) is 0 Å². The molecule has 1 aromatic rings. The molecule has 0 aliphatic rings. The van der Waals surface area contributed by atoms with Crippen molar-refractivity contribution in [2.45, 2.75) is 13.0 Å². The van der Waals surface area contributed by atoms with E-state index in [1.165, 1.54) is 11.1 Å². The highest BCUT2D eigenvalue weighted by Crippen LogP contribution is 2.04. The summed E-state index contributed by atoms with van der Waals surface area (Å²) in [7, 11) is 0. The van der Waals surface area contributed by atoms with E-state index in [2.05, 4.69) is 18.9 Å². The Morgan fingerprint density at radius 1 is 1.35 bits per heavy atom. The lowest BCUT2D eigenvalue weighted by Gasteiger charge is -2.16. The van der Waals surface area contributed by atoms with Gasteiger partial charge in [0.25, 0.3) is 0 Å². The molecule has 0 atom stereocenters. The molecule has 0 aliphatic heterocycles. The molecule has 0 aliphatic carbocycles. The third-order valence-corrected chi connectivity index (χ3v) is 2.50. The molecule has 3 heteroatoms. The molecule has 0 aromatic heterocycles. The van der Waals surface area contributed by atoms with Crippen LogP contribution in [0.5, 0.6) is 0 Å². The van der Waals surface area contributed by atoms with Crippen LogP contribution < -0.4 is 0 Å². The van der Waals surface area contributed by atoms with Gasteiger partial charge in [0.15, 0.2) is 0 Å². The van der Waals surface area contributed by atoms with E-state index in [-0.39, 0.29) is 6.61 Å². The van der Waals surface area contributed by atoms with Gasteiger partial charge in [0, 0.05) is 6.54 Å². The molecule has 1 aromatic carbocycles. The van der Waals surface area contributed by atoms with E-state index in [0.717, 1.165) is 5.56 Å².